The number of hydrogen-bond acceptors (Lipinski definition) is 3. The first-order chi connectivity index (χ1) is 12.9. The molecular formula is C19H26ClN5O2. The first kappa shape index (κ1) is 19.5. The number of piperidine rings is 1. The van der Waals surface area contributed by atoms with Gasteiger partial charge < -0.3 is 15.5 Å². The van der Waals surface area contributed by atoms with Crippen molar-refractivity contribution in [3.8, 4) is 0 Å². The predicted molar refractivity (Wildman–Crippen MR) is 106 cm³/mol. The van der Waals surface area contributed by atoms with E-state index in [9.17, 15) is 9.59 Å². The van der Waals surface area contributed by atoms with E-state index in [0.29, 0.717) is 11.6 Å². The number of carbonyl (C=O) groups excluding carboxylic acids is 2. The van der Waals surface area contributed by atoms with Crippen molar-refractivity contribution in [2.24, 2.45) is 10.9 Å². The lowest BCUT2D eigenvalue weighted by atomic mass is 9.79. The van der Waals surface area contributed by atoms with Crippen LogP contribution in [0.2, 0.25) is 5.02 Å². The number of benzene rings is 1. The van der Waals surface area contributed by atoms with Gasteiger partial charge in [0, 0.05) is 24.7 Å². The molecule has 0 saturated carbocycles. The molecule has 1 atom stereocenters. The van der Waals surface area contributed by atoms with E-state index >= 15 is 0 Å². The number of amides is 3. The van der Waals surface area contributed by atoms with Crippen molar-refractivity contribution in [3.05, 3.63) is 34.9 Å². The first-order valence-corrected chi connectivity index (χ1v) is 9.71. The topological polar surface area (TPSA) is 85.8 Å². The average Bonchev–Trinajstić information content (AvgIpc) is 2.93. The monoisotopic (exact) mass is 391 g/mol. The molecule has 2 aliphatic rings. The number of nitrogens with zero attached hydrogens (tertiary/aromatic N) is 2. The normalized spacial score (nSPS) is 24.0. The predicted octanol–water partition coefficient (Wildman–Crippen LogP) is 2.12. The fraction of sp³-hybridized carbons (Fsp3) is 0.526. The molecule has 0 radical (unpaired) electrons. The lowest BCUT2D eigenvalue weighted by molar-refractivity contribution is -0.125. The van der Waals surface area contributed by atoms with Gasteiger partial charge in [0.15, 0.2) is 5.96 Å². The Balaban J connectivity index is 1.63. The molecule has 1 unspecified atom stereocenters. The number of guanidine groups is 1. The van der Waals surface area contributed by atoms with Crippen molar-refractivity contribution >= 4 is 29.5 Å². The number of carbonyl (C=O) groups is 2. The van der Waals surface area contributed by atoms with Crippen LogP contribution in [-0.4, -0.2) is 48.0 Å². The number of rotatable bonds is 4. The van der Waals surface area contributed by atoms with Gasteiger partial charge in [-0.15, -0.1) is 0 Å². The summed E-state index contributed by atoms with van der Waals surface area (Å²) in [6.07, 6.45) is 1.63. The molecule has 0 spiro atoms. The summed E-state index contributed by atoms with van der Waals surface area (Å²) in [6.45, 7) is 6.80. The van der Waals surface area contributed by atoms with Gasteiger partial charge in [-0.2, -0.15) is 0 Å². The number of urea groups is 1. The zero-order valence-electron chi connectivity index (χ0n) is 15.7. The second-order valence-electron chi connectivity index (χ2n) is 7.17. The largest absolute Gasteiger partial charge is 0.357 e. The fourth-order valence-electron chi connectivity index (χ4n) is 3.69. The van der Waals surface area contributed by atoms with Crippen LogP contribution >= 0.6 is 11.6 Å². The molecule has 3 amide bonds. The summed E-state index contributed by atoms with van der Waals surface area (Å²) in [4.78, 5) is 30.6. The Labute approximate surface area is 164 Å². The highest BCUT2D eigenvalue weighted by molar-refractivity contribution is 6.30. The molecule has 2 aliphatic heterocycles. The van der Waals surface area contributed by atoms with Crippen molar-refractivity contribution in [1.29, 1.82) is 0 Å². The van der Waals surface area contributed by atoms with E-state index in [1.807, 2.05) is 38.1 Å². The Morgan fingerprint density at radius 2 is 1.96 bits per heavy atom. The van der Waals surface area contributed by atoms with Gasteiger partial charge in [0.2, 0.25) is 0 Å². The Morgan fingerprint density at radius 1 is 1.30 bits per heavy atom. The van der Waals surface area contributed by atoms with E-state index in [-0.39, 0.29) is 11.8 Å². The lowest BCUT2D eigenvalue weighted by Crippen LogP contribution is -2.55. The van der Waals surface area contributed by atoms with Crippen LogP contribution in [0.15, 0.2) is 29.3 Å². The van der Waals surface area contributed by atoms with E-state index in [0.717, 1.165) is 44.0 Å². The first-order valence-electron chi connectivity index (χ1n) is 9.33. The maximum atomic E-state index is 12.2. The number of nitrogens with one attached hydrogen (secondary N) is 3. The van der Waals surface area contributed by atoms with Gasteiger partial charge in [0.25, 0.3) is 5.91 Å². The van der Waals surface area contributed by atoms with Crippen molar-refractivity contribution in [3.63, 3.8) is 0 Å². The maximum absolute atomic E-state index is 12.2. The van der Waals surface area contributed by atoms with Crippen LogP contribution in [0.4, 0.5) is 4.79 Å². The maximum Gasteiger partial charge on any atom is 0.322 e. The smallest absolute Gasteiger partial charge is 0.322 e. The third-order valence-electron chi connectivity index (χ3n) is 5.34. The molecule has 27 heavy (non-hydrogen) atoms. The summed E-state index contributed by atoms with van der Waals surface area (Å²) in [5.41, 5.74) is 0.282. The van der Waals surface area contributed by atoms with Gasteiger partial charge in [0.05, 0.1) is 6.54 Å². The van der Waals surface area contributed by atoms with Crippen LogP contribution in [0, 0.1) is 5.92 Å². The van der Waals surface area contributed by atoms with Gasteiger partial charge in [0.1, 0.15) is 5.54 Å². The third kappa shape index (κ3) is 4.35. The summed E-state index contributed by atoms with van der Waals surface area (Å²) in [7, 11) is 0. The molecule has 2 heterocycles. The van der Waals surface area contributed by atoms with Crippen molar-refractivity contribution < 1.29 is 9.59 Å². The van der Waals surface area contributed by atoms with Crippen LogP contribution in [0.5, 0.6) is 0 Å². The summed E-state index contributed by atoms with van der Waals surface area (Å²) in [5.74, 6) is 0.754. The van der Waals surface area contributed by atoms with Crippen LogP contribution in [0.3, 0.4) is 0 Å². The second-order valence-corrected chi connectivity index (χ2v) is 7.60. The molecule has 0 aromatic heterocycles. The summed E-state index contributed by atoms with van der Waals surface area (Å²) in [6, 6.07) is 7.29. The van der Waals surface area contributed by atoms with Gasteiger partial charge in [-0.05, 0) is 50.3 Å². The summed E-state index contributed by atoms with van der Waals surface area (Å²) >= 11 is 5.93. The van der Waals surface area contributed by atoms with Crippen molar-refractivity contribution in [2.45, 2.75) is 38.8 Å². The van der Waals surface area contributed by atoms with E-state index in [4.69, 9.17) is 16.6 Å². The van der Waals surface area contributed by atoms with Crippen LogP contribution in [-0.2, 0) is 11.3 Å². The van der Waals surface area contributed by atoms with Crippen molar-refractivity contribution in [1.82, 2.24) is 20.9 Å². The number of aliphatic imine (C=N–C) groups is 1. The molecule has 2 fully saturated rings. The van der Waals surface area contributed by atoms with E-state index in [1.165, 1.54) is 0 Å². The number of imide groups is 1. The van der Waals surface area contributed by atoms with E-state index in [2.05, 4.69) is 20.9 Å². The van der Waals surface area contributed by atoms with Crippen LogP contribution in [0.1, 0.15) is 32.3 Å². The molecule has 8 heteroatoms. The van der Waals surface area contributed by atoms with E-state index < -0.39 is 11.6 Å². The zero-order chi connectivity index (χ0) is 19.4. The molecule has 2 saturated heterocycles. The van der Waals surface area contributed by atoms with Crippen molar-refractivity contribution in [2.75, 3.05) is 19.6 Å². The van der Waals surface area contributed by atoms with Gasteiger partial charge in [-0.25, -0.2) is 9.79 Å². The molecule has 1 aromatic carbocycles. The van der Waals surface area contributed by atoms with E-state index in [1.54, 1.807) is 0 Å². The second kappa shape index (κ2) is 8.17. The minimum absolute atomic E-state index is 0.111. The SMILES string of the molecule is CCNC(=NCc1ccc(Cl)cc1)N1CCC(C2(C)NC(=O)NC2=O)CC1. The molecule has 146 valence electrons. The molecule has 3 rings (SSSR count). The zero-order valence-corrected chi connectivity index (χ0v) is 16.5. The third-order valence-corrected chi connectivity index (χ3v) is 5.59. The molecule has 7 nitrogen and oxygen atoms in total. The van der Waals surface area contributed by atoms with Gasteiger partial charge >= 0.3 is 6.03 Å². The standard InChI is InChI=1S/C19H26ClN5O2/c1-3-21-17(22-12-13-4-6-15(20)7-5-13)25-10-8-14(9-11-25)19(2)16(26)23-18(27)24-19/h4-7,14H,3,8-12H2,1-2H3,(H,21,22)(H2,23,24,26,27). The highest BCUT2D eigenvalue weighted by Gasteiger charge is 2.48. The number of halogens is 1. The highest BCUT2D eigenvalue weighted by Crippen LogP contribution is 2.30. The number of hydrogen-bond donors (Lipinski definition) is 3. The summed E-state index contributed by atoms with van der Waals surface area (Å²) in [5, 5.41) is 9.21. The Kier molecular flexibility index (Phi) is 5.89. The molecule has 1 aromatic rings. The minimum atomic E-state index is -0.817. The Bertz CT molecular complexity index is 728. The molecular weight excluding hydrogens is 366 g/mol. The molecule has 0 bridgehead atoms. The van der Waals surface area contributed by atoms with Gasteiger partial charge in [-0.1, -0.05) is 23.7 Å². The van der Waals surface area contributed by atoms with Gasteiger partial charge in [-0.3, -0.25) is 10.1 Å². The minimum Gasteiger partial charge on any atom is -0.357 e. The quantitative estimate of drug-likeness (QED) is 0.417. The molecule has 0 aliphatic carbocycles. The fourth-order valence-corrected chi connectivity index (χ4v) is 3.82. The Morgan fingerprint density at radius 3 is 2.52 bits per heavy atom. The number of likely N-dealkylation sites (tertiary alicyclic amines) is 1. The highest BCUT2D eigenvalue weighted by atomic mass is 35.5. The molecule has 3 N–H and O–H groups in total. The summed E-state index contributed by atoms with van der Waals surface area (Å²) < 4.78 is 0. The van der Waals surface area contributed by atoms with Crippen LogP contribution < -0.4 is 16.0 Å². The average molecular weight is 392 g/mol. The van der Waals surface area contributed by atoms with Crippen LogP contribution in [0.25, 0.3) is 0 Å². The lowest BCUT2D eigenvalue weighted by Gasteiger charge is -2.39. The Hall–Kier alpha value is -2.28.